The van der Waals surface area contributed by atoms with Gasteiger partial charge in [0.05, 0.1) is 6.10 Å². The van der Waals surface area contributed by atoms with E-state index in [-0.39, 0.29) is 5.82 Å². The number of benzene rings is 1. The molecule has 1 aliphatic heterocycles. The van der Waals surface area contributed by atoms with E-state index >= 15 is 0 Å². The first kappa shape index (κ1) is 12.1. The van der Waals surface area contributed by atoms with Gasteiger partial charge in [0.25, 0.3) is 0 Å². The second kappa shape index (κ2) is 4.88. The molecule has 0 fully saturated rings. The molecule has 1 atom stereocenters. The fourth-order valence-corrected chi connectivity index (χ4v) is 2.14. The number of halogens is 1. The van der Waals surface area contributed by atoms with Crippen LogP contribution in [0.5, 0.6) is 0 Å². The Bertz CT molecular complexity index is 440. The smallest absolute Gasteiger partial charge is 0.123 e. The normalized spacial score (nSPS) is 17.9. The molecule has 17 heavy (non-hydrogen) atoms. The largest absolute Gasteiger partial charge is 0.389 e. The molecule has 2 rings (SSSR count). The Kier molecular flexibility index (Phi) is 3.48. The van der Waals surface area contributed by atoms with Crippen molar-refractivity contribution >= 4 is 5.69 Å². The van der Waals surface area contributed by atoms with Crippen LogP contribution in [0.4, 0.5) is 10.1 Å². The Balaban J connectivity index is 2.32. The zero-order valence-electron chi connectivity index (χ0n) is 10.3. The highest BCUT2D eigenvalue weighted by Crippen LogP contribution is 2.29. The van der Waals surface area contributed by atoms with Crippen molar-refractivity contribution in [1.29, 1.82) is 0 Å². The van der Waals surface area contributed by atoms with E-state index in [2.05, 4.69) is 17.9 Å². The summed E-state index contributed by atoms with van der Waals surface area (Å²) in [6, 6.07) is 4.63. The van der Waals surface area contributed by atoms with Crippen LogP contribution in [0.1, 0.15) is 31.9 Å². The van der Waals surface area contributed by atoms with E-state index in [1.807, 2.05) is 0 Å². The molecule has 1 aromatic rings. The van der Waals surface area contributed by atoms with Crippen LogP contribution in [0.3, 0.4) is 0 Å². The number of rotatable bonds is 2. The summed E-state index contributed by atoms with van der Waals surface area (Å²) >= 11 is 0. The summed E-state index contributed by atoms with van der Waals surface area (Å²) in [5.41, 5.74) is 2.99. The molecule has 92 valence electrons. The first-order valence-electron chi connectivity index (χ1n) is 5.96. The summed E-state index contributed by atoms with van der Waals surface area (Å²) in [7, 11) is 0. The minimum Gasteiger partial charge on any atom is -0.389 e. The van der Waals surface area contributed by atoms with Crippen LogP contribution < -0.4 is 4.90 Å². The number of hydrogen-bond acceptors (Lipinski definition) is 2. The average molecular weight is 235 g/mol. The molecule has 0 bridgehead atoms. The molecular weight excluding hydrogens is 217 g/mol. The fraction of sp³-hybridized carbons (Fsp3) is 0.429. The van der Waals surface area contributed by atoms with Crippen LogP contribution in [0.15, 0.2) is 29.8 Å². The van der Waals surface area contributed by atoms with Gasteiger partial charge >= 0.3 is 0 Å². The van der Waals surface area contributed by atoms with Gasteiger partial charge in [0.1, 0.15) is 5.82 Å². The summed E-state index contributed by atoms with van der Waals surface area (Å²) in [6.07, 6.45) is 2.56. The zero-order chi connectivity index (χ0) is 12.4. The molecule has 0 saturated heterocycles. The molecule has 0 aliphatic carbocycles. The second-order valence-electron chi connectivity index (χ2n) is 4.63. The molecule has 1 aromatic carbocycles. The topological polar surface area (TPSA) is 23.5 Å². The number of aliphatic hydroxyl groups is 1. The lowest BCUT2D eigenvalue weighted by Gasteiger charge is -2.30. The quantitative estimate of drug-likeness (QED) is 0.796. The van der Waals surface area contributed by atoms with Gasteiger partial charge in [-0.3, -0.25) is 0 Å². The molecule has 2 nitrogen and oxygen atoms in total. The van der Waals surface area contributed by atoms with Crippen LogP contribution in [-0.2, 0) is 0 Å². The molecule has 0 spiro atoms. The molecule has 1 N–H and O–H groups in total. The summed E-state index contributed by atoms with van der Waals surface area (Å²) in [4.78, 5) is 2.18. The van der Waals surface area contributed by atoms with E-state index in [0.29, 0.717) is 5.56 Å². The van der Waals surface area contributed by atoms with E-state index < -0.39 is 6.10 Å². The number of hydrogen-bond donors (Lipinski definition) is 1. The van der Waals surface area contributed by atoms with Crippen LogP contribution in [0, 0.1) is 5.82 Å². The third-order valence-corrected chi connectivity index (χ3v) is 3.22. The predicted octanol–water partition coefficient (Wildman–Crippen LogP) is 3.04. The number of aliphatic hydroxyl groups excluding tert-OH is 1. The molecule has 1 heterocycles. The van der Waals surface area contributed by atoms with Gasteiger partial charge in [-0.1, -0.05) is 11.6 Å². The number of nitrogens with zero attached hydrogens (tertiary/aromatic N) is 1. The van der Waals surface area contributed by atoms with Gasteiger partial charge in [-0.25, -0.2) is 4.39 Å². The lowest BCUT2D eigenvalue weighted by molar-refractivity contribution is 0.199. The van der Waals surface area contributed by atoms with E-state index in [4.69, 9.17) is 0 Å². The maximum absolute atomic E-state index is 13.2. The summed E-state index contributed by atoms with van der Waals surface area (Å²) in [6.45, 7) is 5.55. The predicted molar refractivity (Wildman–Crippen MR) is 67.6 cm³/mol. The third kappa shape index (κ3) is 2.67. The molecule has 0 radical (unpaired) electrons. The standard InChI is InChI=1S/C14H18FNO/c1-10-5-7-16(8-6-10)14-4-3-12(15)9-13(14)11(2)17/h3-5,9,11,17H,6-8H2,1-2H3/t11-/m1/s1. The second-order valence-corrected chi connectivity index (χ2v) is 4.63. The van der Waals surface area contributed by atoms with Crippen LogP contribution >= 0.6 is 0 Å². The summed E-state index contributed by atoms with van der Waals surface area (Å²) < 4.78 is 13.2. The van der Waals surface area contributed by atoms with Gasteiger partial charge in [-0.15, -0.1) is 0 Å². The Labute approximate surface area is 101 Å². The van der Waals surface area contributed by atoms with Gasteiger partial charge in [0.15, 0.2) is 0 Å². The van der Waals surface area contributed by atoms with Gasteiger partial charge in [0, 0.05) is 24.3 Å². The van der Waals surface area contributed by atoms with Crippen LogP contribution in [0.2, 0.25) is 0 Å². The highest BCUT2D eigenvalue weighted by molar-refractivity contribution is 5.56. The third-order valence-electron chi connectivity index (χ3n) is 3.22. The zero-order valence-corrected chi connectivity index (χ0v) is 10.3. The van der Waals surface area contributed by atoms with Crippen molar-refractivity contribution in [2.24, 2.45) is 0 Å². The van der Waals surface area contributed by atoms with Gasteiger partial charge < -0.3 is 10.0 Å². The highest BCUT2D eigenvalue weighted by atomic mass is 19.1. The maximum Gasteiger partial charge on any atom is 0.123 e. The van der Waals surface area contributed by atoms with E-state index in [0.717, 1.165) is 25.2 Å². The average Bonchev–Trinajstić information content (AvgIpc) is 2.30. The van der Waals surface area contributed by atoms with Crippen LogP contribution in [-0.4, -0.2) is 18.2 Å². The SMILES string of the molecule is CC1=CCN(c2ccc(F)cc2[C@@H](C)O)CC1. The van der Waals surface area contributed by atoms with Crippen molar-refractivity contribution in [2.75, 3.05) is 18.0 Å². The Morgan fingerprint density at radius 1 is 1.41 bits per heavy atom. The Morgan fingerprint density at radius 2 is 2.18 bits per heavy atom. The van der Waals surface area contributed by atoms with Gasteiger partial charge in [0.2, 0.25) is 0 Å². The Hall–Kier alpha value is -1.35. The van der Waals surface area contributed by atoms with E-state index in [1.54, 1.807) is 13.0 Å². The minimum atomic E-state index is -0.646. The van der Waals surface area contributed by atoms with Crippen molar-refractivity contribution in [3.63, 3.8) is 0 Å². The van der Waals surface area contributed by atoms with Crippen molar-refractivity contribution in [2.45, 2.75) is 26.4 Å². The van der Waals surface area contributed by atoms with Gasteiger partial charge in [-0.2, -0.15) is 0 Å². The molecule has 3 heteroatoms. The summed E-state index contributed by atoms with van der Waals surface area (Å²) in [5, 5.41) is 9.70. The molecule has 0 saturated carbocycles. The molecule has 0 aromatic heterocycles. The minimum absolute atomic E-state index is 0.298. The first-order valence-corrected chi connectivity index (χ1v) is 5.96. The lowest BCUT2D eigenvalue weighted by Crippen LogP contribution is -2.29. The molecule has 0 amide bonds. The highest BCUT2D eigenvalue weighted by Gasteiger charge is 2.16. The van der Waals surface area contributed by atoms with Crippen molar-refractivity contribution in [1.82, 2.24) is 0 Å². The molecule has 0 unspecified atom stereocenters. The maximum atomic E-state index is 13.2. The van der Waals surface area contributed by atoms with Gasteiger partial charge in [-0.05, 0) is 38.5 Å². The van der Waals surface area contributed by atoms with E-state index in [9.17, 15) is 9.50 Å². The van der Waals surface area contributed by atoms with Crippen molar-refractivity contribution in [3.05, 3.63) is 41.2 Å². The monoisotopic (exact) mass is 235 g/mol. The molecular formula is C14H18FNO. The van der Waals surface area contributed by atoms with Crippen molar-refractivity contribution < 1.29 is 9.50 Å². The number of anilines is 1. The van der Waals surface area contributed by atoms with Crippen LogP contribution in [0.25, 0.3) is 0 Å². The molecule has 1 aliphatic rings. The summed E-state index contributed by atoms with van der Waals surface area (Å²) in [5.74, 6) is -0.298. The fourth-order valence-electron chi connectivity index (χ4n) is 2.14. The van der Waals surface area contributed by atoms with Crippen molar-refractivity contribution in [3.8, 4) is 0 Å². The lowest BCUT2D eigenvalue weighted by atomic mass is 10.0. The Morgan fingerprint density at radius 3 is 2.76 bits per heavy atom. The first-order chi connectivity index (χ1) is 8.08. The van der Waals surface area contributed by atoms with E-state index in [1.165, 1.54) is 17.7 Å².